The molecule has 1 heterocycles. The van der Waals surface area contributed by atoms with E-state index in [9.17, 15) is 4.79 Å². The van der Waals surface area contributed by atoms with E-state index < -0.39 is 6.04 Å². The molecule has 2 aromatic carbocycles. The molecule has 0 radical (unpaired) electrons. The Kier molecular flexibility index (Phi) is 8.46. The summed E-state index contributed by atoms with van der Waals surface area (Å²) in [6.45, 7) is 9.70. The van der Waals surface area contributed by atoms with Crippen LogP contribution in [0.15, 0.2) is 54.6 Å². The van der Waals surface area contributed by atoms with Gasteiger partial charge in [0, 0.05) is 35.4 Å². The zero-order valence-corrected chi connectivity index (χ0v) is 20.7. The van der Waals surface area contributed by atoms with Crippen molar-refractivity contribution in [2.45, 2.75) is 58.9 Å². The lowest BCUT2D eigenvalue weighted by Gasteiger charge is -2.33. The van der Waals surface area contributed by atoms with Crippen LogP contribution in [0.1, 0.15) is 50.9 Å². The summed E-state index contributed by atoms with van der Waals surface area (Å²) in [5, 5.41) is 2.12. The van der Waals surface area contributed by atoms with Crippen LogP contribution in [-0.4, -0.2) is 48.6 Å². The second-order valence-electron chi connectivity index (χ2n) is 8.53. The van der Waals surface area contributed by atoms with E-state index in [1.165, 1.54) is 0 Å². The Morgan fingerprint density at radius 1 is 1.00 bits per heavy atom. The van der Waals surface area contributed by atoms with Gasteiger partial charge in [-0.15, -0.1) is 0 Å². The van der Waals surface area contributed by atoms with Gasteiger partial charge < -0.3 is 14.4 Å². The minimum absolute atomic E-state index is 0.0518. The molecule has 1 atom stereocenters. The summed E-state index contributed by atoms with van der Waals surface area (Å²) in [5.74, 6) is 0.0518. The first-order chi connectivity index (χ1) is 14.8. The van der Waals surface area contributed by atoms with Crippen molar-refractivity contribution < 1.29 is 14.3 Å². The zero-order chi connectivity index (χ0) is 22.4. The molecule has 0 aliphatic carbocycles. The summed E-state index contributed by atoms with van der Waals surface area (Å²) in [4.78, 5) is 15.6. The number of hydrogen-bond donors (Lipinski definition) is 0. The third-order valence-electron chi connectivity index (χ3n) is 5.62. The van der Waals surface area contributed by atoms with Gasteiger partial charge in [-0.25, -0.2) is 0 Å². The van der Waals surface area contributed by atoms with Gasteiger partial charge in [-0.05, 0) is 51.6 Å². The van der Waals surface area contributed by atoms with Gasteiger partial charge in [0.15, 0.2) is 6.29 Å². The topological polar surface area (TPSA) is 38.8 Å². The first-order valence-corrected chi connectivity index (χ1v) is 14.1. The highest BCUT2D eigenvalue weighted by atomic mass is 32.4. The first kappa shape index (κ1) is 24.1. The highest BCUT2D eigenvalue weighted by Gasteiger charge is 2.31. The molecule has 0 N–H and O–H groups in total. The molecule has 2 aromatic rings. The van der Waals surface area contributed by atoms with Crippen molar-refractivity contribution in [2.24, 2.45) is 0 Å². The van der Waals surface area contributed by atoms with Crippen molar-refractivity contribution >= 4 is 34.4 Å². The number of amides is 1. The van der Waals surface area contributed by atoms with Gasteiger partial charge in [0.25, 0.3) is 5.91 Å². The molecule has 0 aromatic heterocycles. The Morgan fingerprint density at radius 3 is 2.19 bits per heavy atom. The average molecular weight is 460 g/mol. The van der Waals surface area contributed by atoms with E-state index in [2.05, 4.69) is 45.9 Å². The van der Waals surface area contributed by atoms with Gasteiger partial charge >= 0.3 is 0 Å². The number of carbonyl (C=O) groups is 1. The lowest BCUT2D eigenvalue weighted by atomic mass is 10.1. The number of carbonyl (C=O) groups excluding carboxylic acids is 1. The van der Waals surface area contributed by atoms with Crippen molar-refractivity contribution in [2.75, 3.05) is 19.4 Å². The van der Waals surface area contributed by atoms with E-state index in [4.69, 9.17) is 21.3 Å². The Hall–Kier alpha value is -1.52. The fourth-order valence-corrected chi connectivity index (χ4v) is 8.27. The average Bonchev–Trinajstić information content (AvgIpc) is 2.78. The summed E-state index contributed by atoms with van der Waals surface area (Å²) < 4.78 is 11.6. The summed E-state index contributed by atoms with van der Waals surface area (Å²) in [6.07, 6.45) is 2.20. The fourth-order valence-electron chi connectivity index (χ4n) is 4.22. The maximum absolute atomic E-state index is 13.7. The standard InChI is InChI=1S/C25H34NO3PS/c1-19(2)26(20(3)4)25(27)22-13-8-9-14-23(22)30(31,21-11-6-5-7-12-21)18-15-24-28-16-10-17-29-24/h5-9,11-14,19-20,24H,10,15-18H2,1-4H3. The van der Waals surface area contributed by atoms with Crippen molar-refractivity contribution in [3.05, 3.63) is 60.2 Å². The summed E-state index contributed by atoms with van der Waals surface area (Å²) in [7, 11) is 0. The van der Waals surface area contributed by atoms with Crippen molar-refractivity contribution in [1.29, 1.82) is 0 Å². The molecule has 1 fully saturated rings. The molecule has 1 saturated heterocycles. The lowest BCUT2D eigenvalue weighted by Crippen LogP contribution is -2.44. The Morgan fingerprint density at radius 2 is 1.58 bits per heavy atom. The van der Waals surface area contributed by atoms with Crippen molar-refractivity contribution in [3.8, 4) is 0 Å². The molecule has 6 heteroatoms. The van der Waals surface area contributed by atoms with Crippen LogP contribution < -0.4 is 10.6 Å². The molecule has 1 amide bonds. The molecule has 31 heavy (non-hydrogen) atoms. The number of benzene rings is 2. The maximum atomic E-state index is 13.7. The Labute approximate surface area is 191 Å². The number of hydrogen-bond acceptors (Lipinski definition) is 4. The van der Waals surface area contributed by atoms with Crippen LogP contribution in [0.25, 0.3) is 0 Å². The predicted molar refractivity (Wildman–Crippen MR) is 133 cm³/mol. The molecule has 1 unspecified atom stereocenters. The van der Waals surface area contributed by atoms with Crippen LogP contribution in [0.5, 0.6) is 0 Å². The number of nitrogens with zero attached hydrogens (tertiary/aromatic N) is 1. The molecule has 4 nitrogen and oxygen atoms in total. The largest absolute Gasteiger partial charge is 0.353 e. The third kappa shape index (κ3) is 5.64. The summed E-state index contributed by atoms with van der Waals surface area (Å²) >= 11 is 6.46. The molecular formula is C25H34NO3PS. The smallest absolute Gasteiger partial charge is 0.255 e. The van der Waals surface area contributed by atoms with Gasteiger partial charge in [0.05, 0.1) is 13.2 Å². The molecule has 0 spiro atoms. The van der Waals surface area contributed by atoms with Crippen molar-refractivity contribution in [3.63, 3.8) is 0 Å². The van der Waals surface area contributed by atoms with Crippen molar-refractivity contribution in [1.82, 2.24) is 4.90 Å². The predicted octanol–water partition coefficient (Wildman–Crippen LogP) is 4.53. The van der Waals surface area contributed by atoms with Gasteiger partial charge in [-0.3, -0.25) is 4.79 Å². The SMILES string of the molecule is CC(C)N(C(=O)c1ccccc1P(=S)(CCC1OCCCO1)c1ccccc1)C(C)C. The first-order valence-electron chi connectivity index (χ1n) is 11.1. The van der Waals surface area contributed by atoms with Crippen LogP contribution in [0.4, 0.5) is 0 Å². The van der Waals surface area contributed by atoms with Crippen LogP contribution in [0.2, 0.25) is 0 Å². The van der Waals surface area contributed by atoms with Crippen LogP contribution in [0, 0.1) is 0 Å². The van der Waals surface area contributed by atoms with E-state index in [1.807, 2.05) is 41.3 Å². The molecule has 0 saturated carbocycles. The third-order valence-corrected chi connectivity index (χ3v) is 10.6. The molecule has 0 bridgehead atoms. The van der Waals surface area contributed by atoms with E-state index >= 15 is 0 Å². The lowest BCUT2D eigenvalue weighted by molar-refractivity contribution is -0.178. The van der Waals surface area contributed by atoms with E-state index in [1.54, 1.807) is 0 Å². The van der Waals surface area contributed by atoms with E-state index in [-0.39, 0.29) is 24.3 Å². The Bertz CT molecular complexity index is 902. The van der Waals surface area contributed by atoms with Gasteiger partial charge in [-0.1, -0.05) is 60.3 Å². The molecule has 3 rings (SSSR count). The summed E-state index contributed by atoms with van der Waals surface area (Å²) in [6, 6.07) is 16.2. The molecule has 1 aliphatic rings. The van der Waals surface area contributed by atoms with Crippen LogP contribution >= 0.6 is 6.04 Å². The molecule has 168 valence electrons. The maximum Gasteiger partial charge on any atom is 0.255 e. The highest BCUT2D eigenvalue weighted by Crippen LogP contribution is 2.46. The zero-order valence-electron chi connectivity index (χ0n) is 19.0. The minimum atomic E-state index is -2.26. The highest BCUT2D eigenvalue weighted by molar-refractivity contribution is 8.22. The molecular weight excluding hydrogens is 425 g/mol. The van der Waals surface area contributed by atoms with Crippen LogP contribution in [-0.2, 0) is 21.3 Å². The van der Waals surface area contributed by atoms with Gasteiger partial charge in [0.1, 0.15) is 0 Å². The van der Waals surface area contributed by atoms with E-state index in [0.29, 0.717) is 0 Å². The van der Waals surface area contributed by atoms with Gasteiger partial charge in [-0.2, -0.15) is 0 Å². The Balaban J connectivity index is 2.04. The fraction of sp³-hybridized carbons (Fsp3) is 0.480. The normalized spacial score (nSPS) is 17.0. The second-order valence-corrected chi connectivity index (χ2v) is 13.3. The number of ether oxygens (including phenoxy) is 2. The van der Waals surface area contributed by atoms with E-state index in [0.717, 1.165) is 48.4 Å². The minimum Gasteiger partial charge on any atom is -0.353 e. The monoisotopic (exact) mass is 459 g/mol. The second kappa shape index (κ2) is 10.9. The molecule has 1 aliphatic heterocycles. The van der Waals surface area contributed by atoms with Gasteiger partial charge in [0.2, 0.25) is 0 Å². The summed E-state index contributed by atoms with van der Waals surface area (Å²) in [5.41, 5.74) is 0.725. The van der Waals surface area contributed by atoms with Crippen LogP contribution in [0.3, 0.4) is 0 Å². The quantitative estimate of drug-likeness (QED) is 0.544. The number of rotatable bonds is 8.